The summed E-state index contributed by atoms with van der Waals surface area (Å²) in [6, 6.07) is 22.9. The third-order valence-corrected chi connectivity index (χ3v) is 4.27. The number of rotatable bonds is 7. The van der Waals surface area contributed by atoms with E-state index < -0.39 is 7.75 Å². The summed E-state index contributed by atoms with van der Waals surface area (Å²) in [5, 5.41) is 6.44. The number of nitrogens with one attached hydrogen (secondary N) is 1. The number of pyridine rings is 1. The van der Waals surface area contributed by atoms with Crippen LogP contribution in [0.15, 0.2) is 90.2 Å². The van der Waals surface area contributed by atoms with Gasteiger partial charge in [0.2, 0.25) is 0 Å². The second-order valence-electron chi connectivity index (χ2n) is 4.92. The first kappa shape index (κ1) is 16.7. The summed E-state index contributed by atoms with van der Waals surface area (Å²) in [6.45, 7) is 0. The second-order valence-corrected chi connectivity index (χ2v) is 6.48. The number of hydrazone groups is 1. The number of nitrogens with zero attached hydrogens (tertiary/aromatic N) is 2. The Balaban J connectivity index is 1.78. The van der Waals surface area contributed by atoms with Crippen LogP contribution < -0.4 is 14.2 Å². The Morgan fingerprint density at radius 3 is 1.92 bits per heavy atom. The molecule has 1 N–H and O–H groups in total. The molecule has 0 amide bonds. The summed E-state index contributed by atoms with van der Waals surface area (Å²) < 4.78 is 24.1. The molecule has 0 radical (unpaired) electrons. The summed E-state index contributed by atoms with van der Waals surface area (Å²) in [6.07, 6.45) is 3.08. The largest absolute Gasteiger partial charge is 0.557 e. The van der Waals surface area contributed by atoms with Gasteiger partial charge in [0.05, 0.1) is 11.9 Å². The lowest BCUT2D eigenvalue weighted by atomic mass is 10.3. The number of hydrogen-bond acceptors (Lipinski definition) is 5. The van der Waals surface area contributed by atoms with Crippen molar-refractivity contribution >= 4 is 14.0 Å². The fourth-order valence-electron chi connectivity index (χ4n) is 1.92. The van der Waals surface area contributed by atoms with Crippen LogP contribution >= 0.6 is 7.75 Å². The molecule has 3 aromatic rings. The van der Waals surface area contributed by atoms with Crippen LogP contribution in [-0.2, 0) is 4.57 Å². The van der Waals surface area contributed by atoms with Crippen molar-refractivity contribution in [3.05, 3.63) is 90.8 Å². The van der Waals surface area contributed by atoms with Crippen LogP contribution in [0.25, 0.3) is 0 Å². The lowest BCUT2D eigenvalue weighted by molar-refractivity contribution is 0.372. The van der Waals surface area contributed by atoms with Gasteiger partial charge in [0.1, 0.15) is 11.5 Å². The van der Waals surface area contributed by atoms with Crippen molar-refractivity contribution in [2.24, 2.45) is 5.10 Å². The lowest BCUT2D eigenvalue weighted by Crippen LogP contribution is -2.14. The molecule has 0 fully saturated rings. The van der Waals surface area contributed by atoms with E-state index in [1.807, 2.05) is 18.2 Å². The molecule has 2 aromatic carbocycles. The Bertz CT molecular complexity index is 813. The fourth-order valence-corrected chi connectivity index (χ4v) is 3.03. The maximum absolute atomic E-state index is 13.1. The van der Waals surface area contributed by atoms with Crippen LogP contribution in [0.4, 0.5) is 0 Å². The molecule has 0 atom stereocenters. The number of hydrogen-bond donors (Lipinski definition) is 1. The molecule has 0 aliphatic rings. The first-order valence-electron chi connectivity index (χ1n) is 7.54. The summed E-state index contributed by atoms with van der Waals surface area (Å²) >= 11 is 0. The Morgan fingerprint density at radius 1 is 0.840 bits per heavy atom. The first-order valence-corrected chi connectivity index (χ1v) is 9.08. The van der Waals surface area contributed by atoms with E-state index in [9.17, 15) is 4.57 Å². The average Bonchev–Trinajstić information content (AvgIpc) is 2.64. The predicted octanol–water partition coefficient (Wildman–Crippen LogP) is 4.27. The van der Waals surface area contributed by atoms with Crippen LogP contribution in [0, 0.1) is 0 Å². The maximum Gasteiger partial charge on any atom is 0.557 e. The van der Waals surface area contributed by atoms with Crippen molar-refractivity contribution in [2.75, 3.05) is 0 Å². The highest BCUT2D eigenvalue weighted by atomic mass is 31.2. The summed E-state index contributed by atoms with van der Waals surface area (Å²) in [5.41, 5.74) is 0.612. The van der Waals surface area contributed by atoms with E-state index in [2.05, 4.69) is 15.3 Å². The highest BCUT2D eigenvalue weighted by Gasteiger charge is 2.28. The molecule has 0 unspecified atom stereocenters. The van der Waals surface area contributed by atoms with Gasteiger partial charge in [-0.05, 0) is 36.4 Å². The van der Waals surface area contributed by atoms with E-state index in [4.69, 9.17) is 9.05 Å². The van der Waals surface area contributed by atoms with Gasteiger partial charge in [-0.2, -0.15) is 10.3 Å². The van der Waals surface area contributed by atoms with E-state index in [0.717, 1.165) is 0 Å². The normalized spacial score (nSPS) is 11.2. The van der Waals surface area contributed by atoms with Crippen molar-refractivity contribution in [1.29, 1.82) is 0 Å². The molecule has 126 valence electrons. The molecule has 0 saturated heterocycles. The molecule has 0 spiro atoms. The van der Waals surface area contributed by atoms with Crippen LogP contribution in [0.5, 0.6) is 11.5 Å². The molecular formula is C18H16N3O3P. The summed E-state index contributed by atoms with van der Waals surface area (Å²) in [5.74, 6) is 0.810. The minimum absolute atomic E-state index is 0.405. The van der Waals surface area contributed by atoms with Crippen molar-refractivity contribution in [2.45, 2.75) is 0 Å². The zero-order valence-corrected chi connectivity index (χ0v) is 14.1. The highest BCUT2D eigenvalue weighted by Crippen LogP contribution is 2.44. The zero-order chi connectivity index (χ0) is 17.4. The second kappa shape index (κ2) is 8.13. The quantitative estimate of drug-likeness (QED) is 0.390. The molecule has 0 bridgehead atoms. The standard InChI is InChI=1S/C18H16N3O3P/c22-25(23-17-10-3-1-4-11-17,24-18-12-5-2-6-13-18)21-20-15-16-9-7-8-14-19-16/h1-15H,(H,21,22)/b20-15+. The molecule has 25 heavy (non-hydrogen) atoms. The molecule has 0 aliphatic carbocycles. The van der Waals surface area contributed by atoms with Crippen molar-refractivity contribution in [3.63, 3.8) is 0 Å². The van der Waals surface area contributed by atoms with Crippen LogP contribution in [-0.4, -0.2) is 11.2 Å². The Labute approximate surface area is 145 Å². The molecule has 0 aliphatic heterocycles. The van der Waals surface area contributed by atoms with Gasteiger partial charge < -0.3 is 9.05 Å². The smallest absolute Gasteiger partial charge is 0.399 e. The molecule has 1 heterocycles. The monoisotopic (exact) mass is 353 g/mol. The maximum atomic E-state index is 13.1. The molecule has 7 heteroatoms. The van der Waals surface area contributed by atoms with Gasteiger partial charge in [0.25, 0.3) is 0 Å². The van der Waals surface area contributed by atoms with E-state index in [-0.39, 0.29) is 0 Å². The van der Waals surface area contributed by atoms with E-state index >= 15 is 0 Å². The number of para-hydroxylation sites is 2. The van der Waals surface area contributed by atoms with Crippen molar-refractivity contribution in [3.8, 4) is 11.5 Å². The van der Waals surface area contributed by atoms with Gasteiger partial charge in [-0.15, -0.1) is 0 Å². The van der Waals surface area contributed by atoms with Gasteiger partial charge in [0, 0.05) is 6.20 Å². The number of aromatic nitrogens is 1. The minimum Gasteiger partial charge on any atom is -0.399 e. The van der Waals surface area contributed by atoms with Crippen LogP contribution in [0.3, 0.4) is 0 Å². The molecular weight excluding hydrogens is 337 g/mol. The summed E-state index contributed by atoms with van der Waals surface area (Å²) in [7, 11) is -3.78. The van der Waals surface area contributed by atoms with Gasteiger partial charge in [0.15, 0.2) is 0 Å². The SMILES string of the molecule is O=P(N/N=C/c1ccccn1)(Oc1ccccc1)Oc1ccccc1. The number of benzene rings is 2. The third-order valence-electron chi connectivity index (χ3n) is 3.00. The Morgan fingerprint density at radius 2 is 1.40 bits per heavy atom. The highest BCUT2D eigenvalue weighted by molar-refractivity contribution is 7.52. The fraction of sp³-hybridized carbons (Fsp3) is 0. The Hall–Kier alpha value is -3.11. The summed E-state index contributed by atoms with van der Waals surface area (Å²) in [4.78, 5) is 4.11. The Kier molecular flexibility index (Phi) is 5.44. The van der Waals surface area contributed by atoms with Gasteiger partial charge in [-0.3, -0.25) is 4.98 Å². The van der Waals surface area contributed by atoms with Crippen LogP contribution in [0.2, 0.25) is 0 Å². The van der Waals surface area contributed by atoms with Gasteiger partial charge in [-0.1, -0.05) is 42.5 Å². The van der Waals surface area contributed by atoms with Gasteiger partial charge >= 0.3 is 7.75 Å². The molecule has 0 saturated carbocycles. The molecule has 1 aromatic heterocycles. The molecule has 3 rings (SSSR count). The third kappa shape index (κ3) is 5.19. The predicted molar refractivity (Wildman–Crippen MR) is 96.7 cm³/mol. The van der Waals surface area contributed by atoms with Crippen LogP contribution in [0.1, 0.15) is 5.69 Å². The van der Waals surface area contributed by atoms with Crippen molar-refractivity contribution < 1.29 is 13.6 Å². The molecule has 6 nitrogen and oxygen atoms in total. The lowest BCUT2D eigenvalue weighted by Gasteiger charge is -2.18. The minimum atomic E-state index is -3.78. The van der Waals surface area contributed by atoms with E-state index in [1.54, 1.807) is 66.9 Å². The first-order chi connectivity index (χ1) is 12.2. The topological polar surface area (TPSA) is 72.8 Å². The zero-order valence-electron chi connectivity index (χ0n) is 13.2. The van der Waals surface area contributed by atoms with Crippen molar-refractivity contribution in [1.82, 2.24) is 10.2 Å². The van der Waals surface area contributed by atoms with E-state index in [0.29, 0.717) is 17.2 Å². The van der Waals surface area contributed by atoms with Gasteiger partial charge in [-0.25, -0.2) is 4.57 Å². The van der Waals surface area contributed by atoms with E-state index in [1.165, 1.54) is 6.21 Å². The average molecular weight is 353 g/mol.